The van der Waals surface area contributed by atoms with E-state index in [1.165, 1.54) is 56.2 Å². The van der Waals surface area contributed by atoms with Crippen molar-refractivity contribution < 1.29 is 0 Å². The van der Waals surface area contributed by atoms with E-state index in [1.807, 2.05) is 0 Å². The van der Waals surface area contributed by atoms with Crippen LogP contribution in [0.4, 0.5) is 0 Å². The molecular formula is C19H37N3. The molecule has 3 nitrogen and oxygen atoms in total. The molecule has 128 valence electrons. The lowest BCUT2D eigenvalue weighted by Gasteiger charge is -2.35. The molecule has 1 heterocycles. The number of rotatable bonds is 10. The van der Waals surface area contributed by atoms with Crippen molar-refractivity contribution in [1.29, 1.82) is 0 Å². The quantitative estimate of drug-likeness (QED) is 0.471. The summed E-state index contributed by atoms with van der Waals surface area (Å²) < 4.78 is 0. The van der Waals surface area contributed by atoms with Gasteiger partial charge in [-0.1, -0.05) is 36.6 Å². The van der Waals surface area contributed by atoms with Gasteiger partial charge in [0.2, 0.25) is 0 Å². The first-order valence-electron chi connectivity index (χ1n) is 9.13. The van der Waals surface area contributed by atoms with Gasteiger partial charge in [0, 0.05) is 32.2 Å². The normalized spacial score (nSPS) is 20.2. The maximum Gasteiger partial charge on any atom is 0.0240 e. The lowest BCUT2D eigenvalue weighted by atomic mass is 10.0. The monoisotopic (exact) mass is 307 g/mol. The van der Waals surface area contributed by atoms with Crippen LogP contribution in [0.15, 0.2) is 23.3 Å². The molecule has 1 saturated heterocycles. The third-order valence-electron chi connectivity index (χ3n) is 4.40. The summed E-state index contributed by atoms with van der Waals surface area (Å²) in [5.74, 6) is 0. The van der Waals surface area contributed by atoms with Crippen LogP contribution >= 0.6 is 0 Å². The molecule has 0 aromatic heterocycles. The zero-order valence-electron chi connectivity index (χ0n) is 15.3. The minimum absolute atomic E-state index is 0.742. The van der Waals surface area contributed by atoms with Crippen LogP contribution in [-0.2, 0) is 0 Å². The van der Waals surface area contributed by atoms with E-state index in [4.69, 9.17) is 0 Å². The lowest BCUT2D eigenvalue weighted by Crippen LogP contribution is -2.50. The zero-order valence-corrected chi connectivity index (χ0v) is 15.3. The second-order valence-corrected chi connectivity index (χ2v) is 6.73. The molecule has 1 atom stereocenters. The van der Waals surface area contributed by atoms with Crippen LogP contribution in [0.5, 0.6) is 0 Å². The van der Waals surface area contributed by atoms with Gasteiger partial charge < -0.3 is 5.32 Å². The highest BCUT2D eigenvalue weighted by molar-refractivity contribution is 5.02. The first-order chi connectivity index (χ1) is 10.6. The van der Waals surface area contributed by atoms with E-state index in [0.717, 1.165) is 25.7 Å². The summed E-state index contributed by atoms with van der Waals surface area (Å²) in [5.41, 5.74) is 6.50. The smallest absolute Gasteiger partial charge is 0.0240 e. The fourth-order valence-corrected chi connectivity index (χ4v) is 2.96. The fraction of sp³-hybridized carbons (Fsp3) is 0.789. The molecule has 0 aromatic carbocycles. The molecule has 1 unspecified atom stereocenters. The molecular weight excluding hydrogens is 270 g/mol. The van der Waals surface area contributed by atoms with E-state index in [1.54, 1.807) is 0 Å². The second kappa shape index (κ2) is 11.9. The second-order valence-electron chi connectivity index (χ2n) is 6.73. The van der Waals surface area contributed by atoms with E-state index < -0.39 is 0 Å². The van der Waals surface area contributed by atoms with Crippen molar-refractivity contribution in [2.75, 3.05) is 26.2 Å². The molecule has 3 heteroatoms. The van der Waals surface area contributed by atoms with E-state index in [9.17, 15) is 0 Å². The first-order valence-corrected chi connectivity index (χ1v) is 9.13. The van der Waals surface area contributed by atoms with Gasteiger partial charge in [-0.2, -0.15) is 0 Å². The van der Waals surface area contributed by atoms with Crippen LogP contribution in [0.25, 0.3) is 0 Å². The van der Waals surface area contributed by atoms with Crippen molar-refractivity contribution in [3.63, 3.8) is 0 Å². The lowest BCUT2D eigenvalue weighted by molar-refractivity contribution is 0.0840. The Morgan fingerprint density at radius 1 is 1.14 bits per heavy atom. The van der Waals surface area contributed by atoms with Gasteiger partial charge in [-0.15, -0.1) is 0 Å². The van der Waals surface area contributed by atoms with Crippen LogP contribution in [0, 0.1) is 0 Å². The molecule has 22 heavy (non-hydrogen) atoms. The van der Waals surface area contributed by atoms with Crippen molar-refractivity contribution in [2.24, 2.45) is 0 Å². The third-order valence-corrected chi connectivity index (χ3v) is 4.40. The summed E-state index contributed by atoms with van der Waals surface area (Å²) in [6, 6.07) is 0.742. The van der Waals surface area contributed by atoms with Crippen molar-refractivity contribution in [3.8, 4) is 0 Å². The molecule has 1 fully saturated rings. The van der Waals surface area contributed by atoms with Crippen molar-refractivity contribution in [3.05, 3.63) is 23.3 Å². The van der Waals surface area contributed by atoms with Crippen LogP contribution in [0.3, 0.4) is 0 Å². The Balaban J connectivity index is 2.06. The van der Waals surface area contributed by atoms with Gasteiger partial charge in [-0.3, -0.25) is 5.43 Å². The molecule has 0 spiro atoms. The molecule has 0 radical (unpaired) electrons. The van der Waals surface area contributed by atoms with Gasteiger partial charge in [0.25, 0.3) is 0 Å². The van der Waals surface area contributed by atoms with Gasteiger partial charge in [-0.05, 0) is 52.9 Å². The van der Waals surface area contributed by atoms with Crippen molar-refractivity contribution in [2.45, 2.75) is 72.3 Å². The van der Waals surface area contributed by atoms with Gasteiger partial charge in [0.05, 0.1) is 0 Å². The Labute approximate surface area is 138 Å². The average Bonchev–Trinajstić information content (AvgIpc) is 2.50. The number of hydrazine groups is 1. The Hall–Kier alpha value is -0.640. The van der Waals surface area contributed by atoms with E-state index in [-0.39, 0.29) is 0 Å². The molecule has 0 bridgehead atoms. The summed E-state index contributed by atoms with van der Waals surface area (Å²) in [6.45, 7) is 13.1. The largest absolute Gasteiger partial charge is 0.312 e. The van der Waals surface area contributed by atoms with Gasteiger partial charge in [0.1, 0.15) is 0 Å². The minimum atomic E-state index is 0.742. The van der Waals surface area contributed by atoms with Gasteiger partial charge in [-0.25, -0.2) is 5.01 Å². The highest BCUT2D eigenvalue weighted by Gasteiger charge is 2.19. The summed E-state index contributed by atoms with van der Waals surface area (Å²) in [4.78, 5) is 0. The molecule has 0 saturated carbocycles. The topological polar surface area (TPSA) is 27.3 Å². The molecule has 2 N–H and O–H groups in total. The number of piperidine rings is 1. The number of hydrogen-bond donors (Lipinski definition) is 2. The van der Waals surface area contributed by atoms with Crippen LogP contribution < -0.4 is 10.7 Å². The number of nitrogens with zero attached hydrogens (tertiary/aromatic N) is 1. The Morgan fingerprint density at radius 3 is 2.68 bits per heavy atom. The minimum Gasteiger partial charge on any atom is -0.312 e. The van der Waals surface area contributed by atoms with Gasteiger partial charge in [0.15, 0.2) is 0 Å². The molecule has 1 aliphatic heterocycles. The van der Waals surface area contributed by atoms with E-state index in [0.29, 0.717) is 0 Å². The summed E-state index contributed by atoms with van der Waals surface area (Å²) in [7, 11) is 0. The van der Waals surface area contributed by atoms with E-state index in [2.05, 4.69) is 55.6 Å². The highest BCUT2D eigenvalue weighted by Crippen LogP contribution is 2.16. The third kappa shape index (κ3) is 8.72. The maximum absolute atomic E-state index is 3.60. The summed E-state index contributed by atoms with van der Waals surface area (Å²) >= 11 is 0. The standard InChI is InChI=1S/C19H37N3/c1-5-19-11-6-7-16-22(19)21-15-14-20-13-12-18(4)10-8-9-17(2)3/h9,12,19-21H,5-8,10-11,13-16H2,1-4H3. The van der Waals surface area contributed by atoms with Crippen molar-refractivity contribution in [1.82, 2.24) is 15.8 Å². The fourth-order valence-electron chi connectivity index (χ4n) is 2.96. The molecule has 1 rings (SSSR count). The molecule has 1 aliphatic rings. The Morgan fingerprint density at radius 2 is 1.95 bits per heavy atom. The van der Waals surface area contributed by atoms with Crippen LogP contribution in [-0.4, -0.2) is 37.2 Å². The SMILES string of the molecule is CCC1CCCCN1NCCNCC=C(C)CCC=C(C)C. The number of hydrogen-bond acceptors (Lipinski definition) is 3. The average molecular weight is 308 g/mol. The van der Waals surface area contributed by atoms with Crippen molar-refractivity contribution >= 4 is 0 Å². The predicted molar refractivity (Wildman–Crippen MR) is 97.9 cm³/mol. The van der Waals surface area contributed by atoms with Crippen LogP contribution in [0.2, 0.25) is 0 Å². The first kappa shape index (κ1) is 19.4. The zero-order chi connectivity index (χ0) is 16.2. The Bertz CT molecular complexity index is 343. The molecule has 0 aromatic rings. The number of allylic oxidation sites excluding steroid dienone is 3. The van der Waals surface area contributed by atoms with Crippen LogP contribution in [0.1, 0.15) is 66.2 Å². The maximum atomic E-state index is 3.60. The Kier molecular flexibility index (Phi) is 10.5. The van der Waals surface area contributed by atoms with Gasteiger partial charge >= 0.3 is 0 Å². The molecule has 0 aliphatic carbocycles. The number of nitrogens with one attached hydrogen (secondary N) is 2. The summed E-state index contributed by atoms with van der Waals surface area (Å²) in [5, 5.41) is 5.97. The highest BCUT2D eigenvalue weighted by atomic mass is 15.5. The van der Waals surface area contributed by atoms with E-state index >= 15 is 0 Å². The predicted octanol–water partition coefficient (Wildman–Crippen LogP) is 4.04. The molecule has 0 amide bonds. The summed E-state index contributed by atoms with van der Waals surface area (Å²) in [6.07, 6.45) is 12.3.